The van der Waals surface area contributed by atoms with Gasteiger partial charge in [0.05, 0.1) is 18.4 Å². The predicted octanol–water partition coefficient (Wildman–Crippen LogP) is 2.80. The lowest BCUT2D eigenvalue weighted by Gasteiger charge is -2.22. The Morgan fingerprint density at radius 3 is 2.83 bits per heavy atom. The van der Waals surface area contributed by atoms with Crippen molar-refractivity contribution in [1.82, 2.24) is 5.32 Å². The molecule has 0 spiro atoms. The van der Waals surface area contributed by atoms with Crippen molar-refractivity contribution in [1.29, 1.82) is 0 Å². The van der Waals surface area contributed by atoms with E-state index in [0.717, 1.165) is 6.42 Å². The van der Waals surface area contributed by atoms with Gasteiger partial charge in [-0.25, -0.2) is 0 Å². The number of hydrogen-bond acceptors (Lipinski definition) is 4. The molecule has 1 fully saturated rings. The van der Waals surface area contributed by atoms with Crippen molar-refractivity contribution in [3.8, 4) is 5.75 Å². The molecule has 134 valence electrons. The van der Waals surface area contributed by atoms with Gasteiger partial charge >= 0.3 is 6.61 Å². The summed E-state index contributed by atoms with van der Waals surface area (Å²) in [5.74, 6) is 0.101. The highest BCUT2D eigenvalue weighted by molar-refractivity contribution is 5.76. The van der Waals surface area contributed by atoms with Crippen LogP contribution in [-0.2, 0) is 9.53 Å². The maximum atomic E-state index is 12.5. The molecule has 0 radical (unpaired) electrons. The molecule has 1 aliphatic heterocycles. The minimum absolute atomic E-state index is 0.00356. The maximum Gasteiger partial charge on any atom is 0.387 e. The molecule has 0 aromatic heterocycles. The van der Waals surface area contributed by atoms with Crippen LogP contribution in [-0.4, -0.2) is 44.4 Å². The van der Waals surface area contributed by atoms with Crippen LogP contribution in [0.1, 0.15) is 26.7 Å². The monoisotopic (exact) mass is 342 g/mol. The highest BCUT2D eigenvalue weighted by atomic mass is 19.3. The van der Waals surface area contributed by atoms with E-state index in [4.69, 9.17) is 4.74 Å². The number of benzene rings is 1. The van der Waals surface area contributed by atoms with E-state index in [9.17, 15) is 13.6 Å². The summed E-state index contributed by atoms with van der Waals surface area (Å²) in [6, 6.07) is 6.71. The number of nitrogens with zero attached hydrogens (tertiary/aromatic N) is 1. The molecule has 1 aromatic rings. The topological polar surface area (TPSA) is 50.8 Å². The number of ether oxygens (including phenoxy) is 2. The van der Waals surface area contributed by atoms with Gasteiger partial charge in [-0.15, -0.1) is 0 Å². The fourth-order valence-corrected chi connectivity index (χ4v) is 2.70. The fourth-order valence-electron chi connectivity index (χ4n) is 2.70. The number of anilines is 1. The molecule has 1 heterocycles. The molecule has 1 amide bonds. The second-order valence-corrected chi connectivity index (χ2v) is 6.01. The smallest absolute Gasteiger partial charge is 0.387 e. The van der Waals surface area contributed by atoms with Crippen molar-refractivity contribution in [2.24, 2.45) is 0 Å². The highest BCUT2D eigenvalue weighted by Crippen LogP contribution is 2.31. The van der Waals surface area contributed by atoms with Gasteiger partial charge in [-0.1, -0.05) is 12.1 Å². The van der Waals surface area contributed by atoms with Gasteiger partial charge in [0.25, 0.3) is 0 Å². The van der Waals surface area contributed by atoms with Gasteiger partial charge in [0.15, 0.2) is 0 Å². The highest BCUT2D eigenvalue weighted by Gasteiger charge is 2.26. The van der Waals surface area contributed by atoms with Crippen LogP contribution in [0.5, 0.6) is 5.75 Å². The zero-order valence-corrected chi connectivity index (χ0v) is 14.0. The van der Waals surface area contributed by atoms with Crippen LogP contribution in [0.15, 0.2) is 24.3 Å². The summed E-state index contributed by atoms with van der Waals surface area (Å²) in [7, 11) is 0. The van der Waals surface area contributed by atoms with Crippen LogP contribution in [0.25, 0.3) is 0 Å². The molecule has 0 saturated carbocycles. The molecule has 7 heteroatoms. The summed E-state index contributed by atoms with van der Waals surface area (Å²) in [6.07, 6.45) is 1.19. The van der Waals surface area contributed by atoms with Crippen molar-refractivity contribution in [3.05, 3.63) is 24.3 Å². The lowest BCUT2D eigenvalue weighted by atomic mass is 10.2. The summed E-state index contributed by atoms with van der Waals surface area (Å²) in [5.41, 5.74) is 0.623. The largest absolute Gasteiger partial charge is 0.433 e. The van der Waals surface area contributed by atoms with Gasteiger partial charge < -0.3 is 19.7 Å². The number of rotatable bonds is 8. The van der Waals surface area contributed by atoms with Crippen molar-refractivity contribution >= 4 is 11.6 Å². The number of halogens is 2. The molecule has 1 N–H and O–H groups in total. The SMILES string of the molecule is CC(C)OCCC(=O)N[C@@H]1CCN(c2ccccc2OC(F)F)C1. The van der Waals surface area contributed by atoms with E-state index in [2.05, 4.69) is 10.1 Å². The summed E-state index contributed by atoms with van der Waals surface area (Å²) >= 11 is 0. The van der Waals surface area contributed by atoms with Gasteiger partial charge in [-0.2, -0.15) is 8.78 Å². The third-order valence-corrected chi connectivity index (χ3v) is 3.76. The minimum atomic E-state index is -2.86. The number of amides is 1. The average molecular weight is 342 g/mol. The van der Waals surface area contributed by atoms with Gasteiger partial charge in [0.1, 0.15) is 5.75 Å². The average Bonchev–Trinajstić information content (AvgIpc) is 2.95. The molecule has 0 bridgehead atoms. The van der Waals surface area contributed by atoms with Crippen molar-refractivity contribution in [2.75, 3.05) is 24.6 Å². The van der Waals surface area contributed by atoms with Gasteiger partial charge in [-0.05, 0) is 32.4 Å². The van der Waals surface area contributed by atoms with Crippen LogP contribution in [0, 0.1) is 0 Å². The normalized spacial score (nSPS) is 17.6. The summed E-state index contributed by atoms with van der Waals surface area (Å²) in [6.45, 7) is 2.63. The third-order valence-electron chi connectivity index (χ3n) is 3.76. The van der Waals surface area contributed by atoms with Crippen molar-refractivity contribution in [2.45, 2.75) is 45.4 Å². The van der Waals surface area contributed by atoms with Crippen molar-refractivity contribution < 1.29 is 23.0 Å². The first kappa shape index (κ1) is 18.4. The Balaban J connectivity index is 1.86. The zero-order valence-electron chi connectivity index (χ0n) is 14.0. The second-order valence-electron chi connectivity index (χ2n) is 6.01. The molecule has 1 atom stereocenters. The molecule has 0 aliphatic carbocycles. The molecular weight excluding hydrogens is 318 g/mol. The van der Waals surface area contributed by atoms with Crippen LogP contribution in [0.2, 0.25) is 0 Å². The number of carbonyl (C=O) groups is 1. The number of alkyl halides is 2. The Bertz CT molecular complexity index is 540. The lowest BCUT2D eigenvalue weighted by molar-refractivity contribution is -0.123. The maximum absolute atomic E-state index is 12.5. The quantitative estimate of drug-likeness (QED) is 0.789. The molecule has 24 heavy (non-hydrogen) atoms. The first-order valence-corrected chi connectivity index (χ1v) is 8.15. The van der Waals surface area contributed by atoms with Crippen LogP contribution in [0.3, 0.4) is 0 Å². The first-order valence-electron chi connectivity index (χ1n) is 8.15. The van der Waals surface area contributed by atoms with Crippen molar-refractivity contribution in [3.63, 3.8) is 0 Å². The fraction of sp³-hybridized carbons (Fsp3) is 0.588. The Labute approximate surface area is 140 Å². The van der Waals surface area contributed by atoms with E-state index in [0.29, 0.717) is 31.8 Å². The Morgan fingerprint density at radius 2 is 2.12 bits per heavy atom. The van der Waals surface area contributed by atoms with Gasteiger partial charge in [0.2, 0.25) is 5.91 Å². The minimum Gasteiger partial charge on any atom is -0.433 e. The third kappa shape index (κ3) is 5.63. The van der Waals surface area contributed by atoms with E-state index < -0.39 is 6.61 Å². The zero-order chi connectivity index (χ0) is 17.5. The van der Waals surface area contributed by atoms with Crippen LogP contribution < -0.4 is 15.0 Å². The molecule has 1 aromatic carbocycles. The molecule has 5 nitrogen and oxygen atoms in total. The predicted molar refractivity (Wildman–Crippen MR) is 87.5 cm³/mol. The van der Waals surface area contributed by atoms with E-state index in [1.165, 1.54) is 6.07 Å². The van der Waals surface area contributed by atoms with Gasteiger partial charge in [-0.3, -0.25) is 4.79 Å². The Kier molecular flexibility index (Phi) is 6.78. The molecular formula is C17H24F2N2O3. The van der Waals surface area contributed by atoms with E-state index in [1.807, 2.05) is 18.7 Å². The van der Waals surface area contributed by atoms with E-state index in [-0.39, 0.29) is 23.8 Å². The molecule has 2 rings (SSSR count). The van der Waals surface area contributed by atoms with Crippen LogP contribution in [0.4, 0.5) is 14.5 Å². The Morgan fingerprint density at radius 1 is 1.38 bits per heavy atom. The molecule has 1 aliphatic rings. The number of hydrogen-bond donors (Lipinski definition) is 1. The standard InChI is InChI=1S/C17H24F2N2O3/c1-12(2)23-10-8-16(22)20-13-7-9-21(11-13)14-5-3-4-6-15(14)24-17(18)19/h3-6,12-13,17H,7-11H2,1-2H3,(H,20,22)/t13-/m1/s1. The van der Waals surface area contributed by atoms with Crippen LogP contribution >= 0.6 is 0 Å². The van der Waals surface area contributed by atoms with E-state index >= 15 is 0 Å². The number of carbonyl (C=O) groups excluding carboxylic acids is 1. The van der Waals surface area contributed by atoms with E-state index in [1.54, 1.807) is 18.2 Å². The van der Waals surface area contributed by atoms with Gasteiger partial charge in [0, 0.05) is 25.6 Å². The Hall–Kier alpha value is -1.89. The lowest BCUT2D eigenvalue weighted by Crippen LogP contribution is -2.37. The summed E-state index contributed by atoms with van der Waals surface area (Å²) in [5, 5.41) is 2.96. The summed E-state index contributed by atoms with van der Waals surface area (Å²) in [4.78, 5) is 13.9. The number of para-hydroxylation sites is 2. The second kappa shape index (κ2) is 8.82. The summed E-state index contributed by atoms with van der Waals surface area (Å²) < 4.78 is 34.9. The molecule has 0 unspecified atom stereocenters. The molecule has 1 saturated heterocycles. The first-order chi connectivity index (χ1) is 11.5. The number of nitrogens with one attached hydrogen (secondary N) is 1.